The second kappa shape index (κ2) is 93.9. The van der Waals surface area contributed by atoms with Crippen LogP contribution in [0.3, 0.4) is 0 Å². The van der Waals surface area contributed by atoms with Crippen LogP contribution in [0, 0.1) is 0 Å². The van der Waals surface area contributed by atoms with Crippen LogP contribution in [0.15, 0.2) is 56.9 Å². The third-order valence-electron chi connectivity index (χ3n) is 4.31. The smallest absolute Gasteiger partial charge is 0.258 e. The number of hydrogen-bond donors (Lipinski definition) is 0. The molecule has 2 aromatic carbocycles. The van der Waals surface area contributed by atoms with E-state index in [9.17, 15) is 0 Å². The molecule has 0 bridgehead atoms. The van der Waals surface area contributed by atoms with Crippen LogP contribution in [0.1, 0.15) is 237 Å². The highest BCUT2D eigenvalue weighted by Gasteiger charge is 2.19. The van der Waals surface area contributed by atoms with E-state index >= 15 is 0 Å². The Morgan fingerprint density at radius 2 is 0.909 bits per heavy atom. The van der Waals surface area contributed by atoms with Gasteiger partial charge in [0, 0.05) is 5.02 Å². The molecular formula is C48H104Cl2N2O2S. The molecule has 0 radical (unpaired) electrons. The monoisotopic (exact) mass is 843 g/mol. The van der Waals surface area contributed by atoms with Gasteiger partial charge in [0.2, 0.25) is 0 Å². The molecule has 2 aromatic rings. The van der Waals surface area contributed by atoms with Crippen LogP contribution in [0.2, 0.25) is 10.0 Å². The van der Waals surface area contributed by atoms with Gasteiger partial charge in [0.05, 0.1) is 22.1 Å². The maximum atomic E-state index is 6.21. The maximum Gasteiger partial charge on any atom is 0.258 e. The van der Waals surface area contributed by atoms with E-state index in [1.807, 2.05) is 190 Å². The molecule has 0 saturated heterocycles. The summed E-state index contributed by atoms with van der Waals surface area (Å²) in [5.41, 5.74) is 0.645. The van der Waals surface area contributed by atoms with Gasteiger partial charge in [0.15, 0.2) is 0 Å². The van der Waals surface area contributed by atoms with Crippen molar-refractivity contribution in [2.24, 2.45) is 9.57 Å². The lowest BCUT2D eigenvalue weighted by Crippen LogP contribution is -2.05. The van der Waals surface area contributed by atoms with Crippen molar-refractivity contribution in [1.29, 1.82) is 0 Å². The van der Waals surface area contributed by atoms with Crippen LogP contribution in [0.4, 0.5) is 0 Å². The molecule has 1 unspecified atom stereocenters. The third kappa shape index (κ3) is 59.3. The molecule has 7 heteroatoms. The molecule has 0 amide bonds. The molecule has 0 aromatic heterocycles. The Morgan fingerprint density at radius 1 is 0.527 bits per heavy atom. The highest BCUT2D eigenvalue weighted by molar-refractivity contribution is 7.83. The van der Waals surface area contributed by atoms with Crippen LogP contribution >= 0.6 is 23.2 Å². The third-order valence-corrected chi connectivity index (χ3v) is 6.10. The molecule has 4 nitrogen and oxygen atoms in total. The molecule has 3 rings (SSSR count). The van der Waals surface area contributed by atoms with Gasteiger partial charge in [0.25, 0.3) is 5.90 Å². The molecule has 0 fully saturated rings. The van der Waals surface area contributed by atoms with Crippen LogP contribution < -0.4 is 4.74 Å². The first-order chi connectivity index (χ1) is 27.1. The van der Waals surface area contributed by atoms with Crippen LogP contribution in [0.25, 0.3) is 0 Å². The number of halogens is 2. The van der Waals surface area contributed by atoms with E-state index in [0.717, 1.165) is 23.7 Å². The Kier molecular flexibility index (Phi) is 139. The highest BCUT2D eigenvalue weighted by Crippen LogP contribution is 2.27. The molecule has 55 heavy (non-hydrogen) atoms. The summed E-state index contributed by atoms with van der Waals surface area (Å²) in [6.07, 6.45) is 8.77. The molecule has 0 saturated carbocycles. The molecule has 0 spiro atoms. The van der Waals surface area contributed by atoms with Crippen molar-refractivity contribution in [3.63, 3.8) is 0 Å². The fraction of sp³-hybridized carbons (Fsp3) is 0.729. The first-order valence-corrected chi connectivity index (χ1v) is 24.8. The molecule has 1 heterocycles. The number of rotatable bonds is 10. The number of hydrogen-bond acceptors (Lipinski definition) is 4. The maximum absolute atomic E-state index is 6.21. The van der Waals surface area contributed by atoms with E-state index in [1.54, 1.807) is 18.2 Å². The van der Waals surface area contributed by atoms with Gasteiger partial charge in [-0.05, 0) is 48.9 Å². The van der Waals surface area contributed by atoms with Gasteiger partial charge in [-0.25, -0.2) is 0 Å². The van der Waals surface area contributed by atoms with Crippen molar-refractivity contribution in [3.05, 3.63) is 58.1 Å². The Hall–Kier alpha value is -1.56. The first-order valence-electron chi connectivity index (χ1n) is 23.0. The zero-order chi connectivity index (χ0) is 46.5. The average molecular weight is 844 g/mol. The van der Waals surface area contributed by atoms with Gasteiger partial charge in [-0.2, -0.15) is 0 Å². The SMILES string of the molecule is CC.CC.CC.CC.CC.CC.CC.CC.CC.CC.CC.CC.CCC.CCCCCCCCOc1ccc(S2=NN=C(c3cc(Cl)ccc3Cl)O2)cc1. The normalized spacial score (nSPS) is 9.62. The molecule has 0 aliphatic carbocycles. The van der Waals surface area contributed by atoms with E-state index < -0.39 is 11.0 Å². The van der Waals surface area contributed by atoms with Crippen molar-refractivity contribution in [2.45, 2.75) is 237 Å². The topological polar surface area (TPSA) is 43.2 Å². The molecule has 1 atom stereocenters. The minimum absolute atomic E-state index is 0.388. The van der Waals surface area contributed by atoms with E-state index in [-0.39, 0.29) is 0 Å². The van der Waals surface area contributed by atoms with Gasteiger partial charge in [-0.3, -0.25) is 0 Å². The molecule has 1 aliphatic heterocycles. The first kappa shape index (κ1) is 81.6. The largest absolute Gasteiger partial charge is 0.494 e. The second-order valence-electron chi connectivity index (χ2n) is 7.24. The molecular weight excluding hydrogens is 740 g/mol. The van der Waals surface area contributed by atoms with Crippen molar-refractivity contribution in [1.82, 2.24) is 0 Å². The zero-order valence-electron chi connectivity index (χ0n) is 42.6. The fourth-order valence-electron chi connectivity index (χ4n) is 2.76. The highest BCUT2D eigenvalue weighted by atomic mass is 35.5. The van der Waals surface area contributed by atoms with Crippen molar-refractivity contribution in [3.8, 4) is 5.75 Å². The van der Waals surface area contributed by atoms with Gasteiger partial charge in [-0.1, -0.05) is 253 Å². The predicted molar refractivity (Wildman–Crippen MR) is 270 cm³/mol. The minimum atomic E-state index is -0.793. The summed E-state index contributed by atoms with van der Waals surface area (Å²) in [4.78, 5) is 0.934. The number of unbranched alkanes of at least 4 members (excludes halogenated alkanes) is 5. The summed E-state index contributed by atoms with van der Waals surface area (Å²) >= 11 is 12.3. The summed E-state index contributed by atoms with van der Waals surface area (Å²) in [5, 5.41) is 5.24. The lowest BCUT2D eigenvalue weighted by Gasteiger charge is -2.08. The van der Waals surface area contributed by atoms with Gasteiger partial charge >= 0.3 is 0 Å². The van der Waals surface area contributed by atoms with Crippen molar-refractivity contribution in [2.75, 3.05) is 6.61 Å². The fourth-order valence-corrected chi connectivity index (χ4v) is 4.15. The second-order valence-corrected chi connectivity index (χ2v) is 9.38. The molecule has 1 aliphatic rings. The van der Waals surface area contributed by atoms with E-state index in [2.05, 4.69) is 30.3 Å². The standard InChI is InChI=1S/C21H24Cl2N2O2S.C3H8.12C2H6/c1-2-3-4-5-6-7-14-26-17-9-11-18(12-10-17)28-25-24-21(27-28)19-15-16(22)8-13-20(19)23;1-3-2;12*1-2/h8-13,15H,2-7,14H2,1H3;3H2,1-2H3;12*1-2H3. The number of benzene rings is 2. The van der Waals surface area contributed by atoms with Gasteiger partial charge < -0.3 is 8.92 Å². The molecule has 338 valence electrons. The van der Waals surface area contributed by atoms with Crippen LogP contribution in [0.5, 0.6) is 5.75 Å². The van der Waals surface area contributed by atoms with Gasteiger partial charge in [0.1, 0.15) is 16.7 Å². The average Bonchev–Trinajstić information content (AvgIpc) is 3.81. The Labute approximate surface area is 364 Å². The summed E-state index contributed by atoms with van der Waals surface area (Å²) < 4.78 is 15.9. The van der Waals surface area contributed by atoms with E-state index in [4.69, 9.17) is 32.1 Å². The zero-order valence-corrected chi connectivity index (χ0v) is 44.9. The number of nitrogens with zero attached hydrogens (tertiary/aromatic N) is 2. The summed E-state index contributed by atoms with van der Waals surface area (Å²) in [5.74, 6) is 1.25. The molecule has 0 N–H and O–H groups in total. The minimum Gasteiger partial charge on any atom is -0.494 e. The Bertz CT molecular complexity index is 877. The van der Waals surface area contributed by atoms with Gasteiger partial charge in [-0.15, -0.1) is 5.10 Å². The quantitative estimate of drug-likeness (QED) is 0.224. The summed E-state index contributed by atoms with van der Waals surface area (Å²) in [7, 11) is -0.793. The number of ether oxygens (including phenoxy) is 1. The Balaban J connectivity index is -0.0000000673. The van der Waals surface area contributed by atoms with Crippen LogP contribution in [-0.2, 0) is 15.2 Å². The summed E-state index contributed by atoms with van der Waals surface area (Å²) in [6, 6.07) is 13.0. The van der Waals surface area contributed by atoms with Crippen molar-refractivity contribution < 1.29 is 8.92 Å². The van der Waals surface area contributed by atoms with Crippen LogP contribution in [-0.4, -0.2) is 12.5 Å². The van der Waals surface area contributed by atoms with E-state index in [0.29, 0.717) is 21.5 Å². The van der Waals surface area contributed by atoms with Crippen molar-refractivity contribution >= 4 is 40.1 Å². The van der Waals surface area contributed by atoms with E-state index in [1.165, 1.54) is 38.5 Å². The Morgan fingerprint density at radius 3 is 1.31 bits per heavy atom. The lowest BCUT2D eigenvalue weighted by atomic mass is 10.1. The summed E-state index contributed by atoms with van der Waals surface area (Å²) in [6.45, 7) is 55.2. The predicted octanol–water partition coefficient (Wildman–Crippen LogP) is 20.9. The lowest BCUT2D eigenvalue weighted by molar-refractivity contribution is 0.304.